The minimum atomic E-state index is -4.37. The Kier molecular flexibility index (Phi) is 40.2. The molecule has 2 atom stereocenters. The van der Waals surface area contributed by atoms with Crippen LogP contribution in [0.15, 0.2) is 60.8 Å². The van der Waals surface area contributed by atoms with E-state index in [1.807, 2.05) is 19.0 Å². The van der Waals surface area contributed by atoms with E-state index in [-0.39, 0.29) is 26.1 Å². The summed E-state index contributed by atoms with van der Waals surface area (Å²) in [7, 11) is -0.731. The van der Waals surface area contributed by atoms with Crippen molar-refractivity contribution in [1.29, 1.82) is 0 Å². The molecule has 9 nitrogen and oxygen atoms in total. The van der Waals surface area contributed by atoms with Crippen LogP contribution in [0.3, 0.4) is 0 Å². The Morgan fingerprint density at radius 1 is 0.561 bits per heavy atom. The van der Waals surface area contributed by atoms with Crippen LogP contribution in [0.2, 0.25) is 0 Å². The number of carbonyl (C=O) groups is 2. The highest BCUT2D eigenvalue weighted by Gasteiger charge is 2.26. The zero-order valence-electron chi connectivity index (χ0n) is 36.8. The van der Waals surface area contributed by atoms with E-state index in [9.17, 15) is 19.0 Å². The molecule has 0 aliphatic rings. The maximum Gasteiger partial charge on any atom is 0.472 e. The van der Waals surface area contributed by atoms with Crippen molar-refractivity contribution in [2.75, 3.05) is 40.5 Å². The third kappa shape index (κ3) is 43.1. The number of allylic oxidation sites excluding steroid dienone is 10. The van der Waals surface area contributed by atoms with E-state index < -0.39 is 32.5 Å². The Bertz CT molecular complexity index is 1130. The van der Waals surface area contributed by atoms with Crippen LogP contribution in [0.5, 0.6) is 0 Å². The summed E-state index contributed by atoms with van der Waals surface area (Å²) in [5.41, 5.74) is 0. The summed E-state index contributed by atoms with van der Waals surface area (Å²) in [6.07, 6.45) is 48.3. The number of phosphoric ester groups is 1. The molecule has 0 aromatic rings. The molecular formula is C47H84NO8P. The van der Waals surface area contributed by atoms with Gasteiger partial charge in [-0.2, -0.15) is 0 Å². The maximum absolute atomic E-state index is 12.7. The van der Waals surface area contributed by atoms with Crippen LogP contribution in [0, 0.1) is 0 Å². The van der Waals surface area contributed by atoms with Gasteiger partial charge in [-0.05, 0) is 91.1 Å². The molecule has 0 aliphatic heterocycles. The Morgan fingerprint density at radius 2 is 1.00 bits per heavy atom. The Labute approximate surface area is 349 Å². The molecule has 2 unspecified atom stereocenters. The van der Waals surface area contributed by atoms with E-state index in [4.69, 9.17) is 18.5 Å². The maximum atomic E-state index is 12.7. The first kappa shape index (κ1) is 54.7. The van der Waals surface area contributed by atoms with Crippen LogP contribution in [-0.2, 0) is 32.7 Å². The second kappa shape index (κ2) is 41.9. The number of esters is 2. The van der Waals surface area contributed by atoms with Gasteiger partial charge in [-0.25, -0.2) is 4.57 Å². The minimum Gasteiger partial charge on any atom is -0.462 e. The molecule has 0 aromatic heterocycles. The van der Waals surface area contributed by atoms with E-state index in [1.165, 1.54) is 64.2 Å². The number of unbranched alkanes of at least 4 members (excludes halogenated alkanes) is 17. The molecule has 0 spiro atoms. The van der Waals surface area contributed by atoms with Crippen LogP contribution < -0.4 is 0 Å². The van der Waals surface area contributed by atoms with Crippen LogP contribution in [0.1, 0.15) is 181 Å². The van der Waals surface area contributed by atoms with Gasteiger partial charge in [-0.3, -0.25) is 18.6 Å². The predicted molar refractivity (Wildman–Crippen MR) is 238 cm³/mol. The van der Waals surface area contributed by atoms with Crippen molar-refractivity contribution in [3.63, 3.8) is 0 Å². The highest BCUT2D eigenvalue weighted by molar-refractivity contribution is 7.47. The number of ether oxygens (including phenoxy) is 2. The van der Waals surface area contributed by atoms with Gasteiger partial charge in [0, 0.05) is 19.4 Å². The van der Waals surface area contributed by atoms with Gasteiger partial charge in [0.05, 0.1) is 13.2 Å². The van der Waals surface area contributed by atoms with Gasteiger partial charge in [-0.1, -0.05) is 152 Å². The van der Waals surface area contributed by atoms with E-state index in [0.29, 0.717) is 19.4 Å². The van der Waals surface area contributed by atoms with Crippen LogP contribution in [0.4, 0.5) is 0 Å². The van der Waals surface area contributed by atoms with Crippen LogP contribution in [-0.4, -0.2) is 68.3 Å². The molecular weight excluding hydrogens is 737 g/mol. The number of nitrogens with zero attached hydrogens (tertiary/aromatic N) is 1. The molecule has 0 aliphatic carbocycles. The number of likely N-dealkylation sites (N-methyl/N-ethyl adjacent to an activating group) is 1. The van der Waals surface area contributed by atoms with E-state index in [1.54, 1.807) is 0 Å². The van der Waals surface area contributed by atoms with Gasteiger partial charge >= 0.3 is 19.8 Å². The fourth-order valence-corrected chi connectivity index (χ4v) is 6.59. The first-order chi connectivity index (χ1) is 27.7. The third-order valence-electron chi connectivity index (χ3n) is 9.31. The summed E-state index contributed by atoms with van der Waals surface area (Å²) >= 11 is 0. The lowest BCUT2D eigenvalue weighted by Gasteiger charge is -2.20. The fraction of sp³-hybridized carbons (Fsp3) is 0.745. The standard InChI is InChI=1S/C47H84NO8P/c1-5-7-9-11-13-15-17-19-21-23-25-27-29-31-33-35-37-39-46(49)53-43-45(44-55-57(51,52)54-42-41-48(3)4)56-47(50)40-38-36-34-32-30-28-26-24-22-20-18-16-14-12-10-8-6-2/h7,9,13,15,19-22,25,27,45H,5-6,8,10-12,14,16-18,23-24,26,28-44H2,1-4H3,(H,51,52)/b9-7-,15-13-,21-19-,22-20-,27-25-. The van der Waals surface area contributed by atoms with E-state index in [0.717, 1.165) is 77.0 Å². The fourth-order valence-electron chi connectivity index (χ4n) is 5.85. The van der Waals surface area contributed by atoms with E-state index in [2.05, 4.69) is 74.6 Å². The molecule has 0 saturated carbocycles. The topological polar surface area (TPSA) is 112 Å². The van der Waals surface area contributed by atoms with Crippen molar-refractivity contribution in [2.45, 2.75) is 187 Å². The van der Waals surface area contributed by atoms with Gasteiger partial charge in [0.25, 0.3) is 0 Å². The highest BCUT2D eigenvalue weighted by atomic mass is 31.2. The number of hydrogen-bond donors (Lipinski definition) is 1. The molecule has 10 heteroatoms. The number of carbonyl (C=O) groups excluding carboxylic acids is 2. The molecule has 0 saturated heterocycles. The van der Waals surface area contributed by atoms with Crippen molar-refractivity contribution in [1.82, 2.24) is 4.90 Å². The van der Waals surface area contributed by atoms with Gasteiger partial charge in [0.15, 0.2) is 6.10 Å². The molecule has 1 N–H and O–H groups in total. The number of phosphoric acid groups is 1. The molecule has 0 heterocycles. The summed E-state index contributed by atoms with van der Waals surface area (Å²) in [5, 5.41) is 0. The lowest BCUT2D eigenvalue weighted by molar-refractivity contribution is -0.161. The SMILES string of the molecule is CC/C=C\C/C=C\C/C=C\C/C=C\CCCCCCC(=O)OCC(COP(=O)(O)OCCN(C)C)OC(=O)CCCCCCCCC/C=C\CCCCCCCC. The predicted octanol–water partition coefficient (Wildman–Crippen LogP) is 13.1. The zero-order chi connectivity index (χ0) is 41.9. The Balaban J connectivity index is 4.32. The molecule has 0 aromatic carbocycles. The average Bonchev–Trinajstić information content (AvgIpc) is 3.18. The molecule has 0 amide bonds. The van der Waals surface area contributed by atoms with Crippen LogP contribution >= 0.6 is 7.82 Å². The van der Waals surface area contributed by atoms with Gasteiger partial charge in [0.1, 0.15) is 6.61 Å². The average molecular weight is 822 g/mol. The quantitative estimate of drug-likeness (QED) is 0.0279. The van der Waals surface area contributed by atoms with Crippen molar-refractivity contribution in [3.8, 4) is 0 Å². The molecule has 0 rings (SSSR count). The summed E-state index contributed by atoms with van der Waals surface area (Å²) in [4.78, 5) is 37.1. The Morgan fingerprint density at radius 3 is 1.51 bits per heavy atom. The normalized spacial score (nSPS) is 13.9. The largest absolute Gasteiger partial charge is 0.472 e. The minimum absolute atomic E-state index is 0.0000172. The van der Waals surface area contributed by atoms with Gasteiger partial charge in [0.2, 0.25) is 0 Å². The molecule has 0 bridgehead atoms. The smallest absolute Gasteiger partial charge is 0.462 e. The first-order valence-corrected chi connectivity index (χ1v) is 24.1. The van der Waals surface area contributed by atoms with Gasteiger partial charge in [-0.15, -0.1) is 0 Å². The summed E-state index contributed by atoms with van der Waals surface area (Å²) in [5.74, 6) is -0.837. The molecule has 0 radical (unpaired) electrons. The van der Waals surface area contributed by atoms with E-state index >= 15 is 0 Å². The number of hydrogen-bond acceptors (Lipinski definition) is 8. The summed E-state index contributed by atoms with van der Waals surface area (Å²) in [6.45, 7) is 4.17. The monoisotopic (exact) mass is 822 g/mol. The third-order valence-corrected chi connectivity index (χ3v) is 10.3. The lowest BCUT2D eigenvalue weighted by atomic mass is 10.1. The summed E-state index contributed by atoms with van der Waals surface area (Å²) in [6, 6.07) is 0. The first-order valence-electron chi connectivity index (χ1n) is 22.6. The number of rotatable bonds is 41. The van der Waals surface area contributed by atoms with Crippen molar-refractivity contribution < 1.29 is 37.6 Å². The molecule has 57 heavy (non-hydrogen) atoms. The highest BCUT2D eigenvalue weighted by Crippen LogP contribution is 2.43. The van der Waals surface area contributed by atoms with Crippen LogP contribution in [0.25, 0.3) is 0 Å². The second-order valence-electron chi connectivity index (χ2n) is 15.2. The van der Waals surface area contributed by atoms with Crippen molar-refractivity contribution in [2.24, 2.45) is 0 Å². The molecule has 0 fully saturated rings. The Hall–Kier alpha value is -2.29. The second-order valence-corrected chi connectivity index (χ2v) is 16.6. The van der Waals surface area contributed by atoms with Gasteiger partial charge < -0.3 is 19.3 Å². The zero-order valence-corrected chi connectivity index (χ0v) is 37.7. The summed E-state index contributed by atoms with van der Waals surface area (Å²) < 4.78 is 33.5. The van der Waals surface area contributed by atoms with Crippen molar-refractivity contribution >= 4 is 19.8 Å². The molecule has 330 valence electrons. The van der Waals surface area contributed by atoms with Crippen molar-refractivity contribution in [3.05, 3.63) is 60.8 Å². The lowest BCUT2D eigenvalue weighted by Crippen LogP contribution is -2.29.